The third kappa shape index (κ3) is 6.06. The van der Waals surface area contributed by atoms with Gasteiger partial charge in [0.1, 0.15) is 6.61 Å². The number of hydrogen-bond donors (Lipinski definition) is 2. The van der Waals surface area contributed by atoms with Gasteiger partial charge in [-0.15, -0.1) is 0 Å². The number of rotatable bonds is 10. The Bertz CT molecular complexity index is 688. The summed E-state index contributed by atoms with van der Waals surface area (Å²) >= 11 is 12.3. The van der Waals surface area contributed by atoms with E-state index < -0.39 is 0 Å². The summed E-state index contributed by atoms with van der Waals surface area (Å²) in [6.07, 6.45) is 0.842. The van der Waals surface area contributed by atoms with E-state index in [1.807, 2.05) is 44.2 Å². The molecule has 2 aromatic rings. The van der Waals surface area contributed by atoms with E-state index in [0.29, 0.717) is 41.3 Å². The summed E-state index contributed by atoms with van der Waals surface area (Å²) in [6, 6.07) is 11.2. The number of ether oxygens (including phenoxy) is 2. The number of hydrogen-bond acceptors (Lipinski definition) is 4. The molecule has 2 rings (SSSR count). The minimum absolute atomic E-state index is 0.0439. The van der Waals surface area contributed by atoms with Crippen LogP contribution in [0.4, 0.5) is 0 Å². The molecule has 0 aliphatic carbocycles. The molecule has 0 aliphatic rings. The van der Waals surface area contributed by atoms with Crippen LogP contribution in [0.15, 0.2) is 36.4 Å². The lowest BCUT2D eigenvalue weighted by Crippen LogP contribution is -2.31. The fourth-order valence-electron chi connectivity index (χ4n) is 2.43. The third-order valence-corrected chi connectivity index (χ3v) is 4.62. The maximum absolute atomic E-state index is 9.30. The molecule has 0 saturated carbocycles. The summed E-state index contributed by atoms with van der Waals surface area (Å²) in [7, 11) is 0. The van der Waals surface area contributed by atoms with Crippen LogP contribution in [0.1, 0.15) is 31.4 Å². The van der Waals surface area contributed by atoms with Gasteiger partial charge in [-0.05, 0) is 42.7 Å². The lowest BCUT2D eigenvalue weighted by atomic mass is 10.1. The summed E-state index contributed by atoms with van der Waals surface area (Å²) in [5, 5.41) is 13.9. The van der Waals surface area contributed by atoms with Gasteiger partial charge in [-0.1, -0.05) is 42.3 Å². The maximum atomic E-state index is 9.30. The molecule has 0 saturated heterocycles. The zero-order valence-electron chi connectivity index (χ0n) is 15.1. The highest BCUT2D eigenvalue weighted by Gasteiger charge is 2.13. The van der Waals surface area contributed by atoms with E-state index in [1.165, 1.54) is 0 Å². The van der Waals surface area contributed by atoms with E-state index in [-0.39, 0.29) is 12.6 Å². The lowest BCUT2D eigenvalue weighted by molar-refractivity contribution is 0.238. The van der Waals surface area contributed by atoms with Crippen LogP contribution in [0.25, 0.3) is 0 Å². The smallest absolute Gasteiger partial charge is 0.163 e. The zero-order chi connectivity index (χ0) is 18.9. The molecule has 0 heterocycles. The normalized spacial score (nSPS) is 12.0. The van der Waals surface area contributed by atoms with Gasteiger partial charge in [-0.3, -0.25) is 0 Å². The highest BCUT2D eigenvalue weighted by atomic mass is 35.5. The third-order valence-electron chi connectivity index (χ3n) is 4.01. The number of halogens is 2. The van der Waals surface area contributed by atoms with Crippen molar-refractivity contribution in [1.82, 2.24) is 5.32 Å². The number of aliphatic hydroxyl groups excluding tert-OH is 1. The summed E-state index contributed by atoms with van der Waals surface area (Å²) in [6.45, 7) is 5.51. The molecular weight excluding hydrogens is 373 g/mol. The van der Waals surface area contributed by atoms with Crippen molar-refractivity contribution >= 4 is 23.2 Å². The van der Waals surface area contributed by atoms with Crippen LogP contribution < -0.4 is 14.8 Å². The molecule has 0 aliphatic heterocycles. The molecule has 0 radical (unpaired) electrons. The van der Waals surface area contributed by atoms with Crippen molar-refractivity contribution in [2.24, 2.45) is 0 Å². The molecule has 2 aromatic carbocycles. The highest BCUT2D eigenvalue weighted by Crippen LogP contribution is 2.34. The Balaban J connectivity index is 2.12. The molecular formula is C20H25Cl2NO3. The van der Waals surface area contributed by atoms with Gasteiger partial charge in [-0.25, -0.2) is 0 Å². The number of aliphatic hydroxyl groups is 1. The van der Waals surface area contributed by atoms with Crippen molar-refractivity contribution in [3.8, 4) is 11.5 Å². The van der Waals surface area contributed by atoms with Crippen LogP contribution >= 0.6 is 23.2 Å². The van der Waals surface area contributed by atoms with Crippen molar-refractivity contribution in [1.29, 1.82) is 0 Å². The van der Waals surface area contributed by atoms with E-state index in [9.17, 15) is 5.11 Å². The Labute approximate surface area is 165 Å². The molecule has 0 amide bonds. The first-order valence-electron chi connectivity index (χ1n) is 8.74. The topological polar surface area (TPSA) is 50.7 Å². The highest BCUT2D eigenvalue weighted by molar-refractivity contribution is 6.31. The molecule has 0 bridgehead atoms. The molecule has 2 N–H and O–H groups in total. The SMILES string of the molecule is CCOc1cc(CNC(CC)CO)c(Cl)cc1OCc1ccc(Cl)cc1. The summed E-state index contributed by atoms with van der Waals surface area (Å²) < 4.78 is 11.6. The van der Waals surface area contributed by atoms with E-state index in [0.717, 1.165) is 17.5 Å². The zero-order valence-corrected chi connectivity index (χ0v) is 16.6. The van der Waals surface area contributed by atoms with Gasteiger partial charge in [0.15, 0.2) is 11.5 Å². The molecule has 6 heteroatoms. The minimum atomic E-state index is 0.0439. The largest absolute Gasteiger partial charge is 0.490 e. The van der Waals surface area contributed by atoms with Crippen LogP contribution in [-0.4, -0.2) is 24.4 Å². The van der Waals surface area contributed by atoms with Gasteiger partial charge < -0.3 is 19.9 Å². The molecule has 26 heavy (non-hydrogen) atoms. The van der Waals surface area contributed by atoms with Crippen molar-refractivity contribution in [2.45, 2.75) is 39.5 Å². The van der Waals surface area contributed by atoms with Gasteiger partial charge in [0.2, 0.25) is 0 Å². The quantitative estimate of drug-likeness (QED) is 0.602. The first-order valence-corrected chi connectivity index (χ1v) is 9.49. The van der Waals surface area contributed by atoms with E-state index in [2.05, 4.69) is 5.32 Å². The first-order chi connectivity index (χ1) is 12.6. The minimum Gasteiger partial charge on any atom is -0.490 e. The average Bonchev–Trinajstić information content (AvgIpc) is 2.65. The van der Waals surface area contributed by atoms with Crippen LogP contribution in [0, 0.1) is 0 Å². The predicted octanol–water partition coefficient (Wildman–Crippen LogP) is 4.83. The molecule has 1 unspecified atom stereocenters. The van der Waals surface area contributed by atoms with Gasteiger partial charge in [0.05, 0.1) is 13.2 Å². The maximum Gasteiger partial charge on any atom is 0.163 e. The molecule has 0 spiro atoms. The van der Waals surface area contributed by atoms with Crippen molar-refractivity contribution in [3.63, 3.8) is 0 Å². The van der Waals surface area contributed by atoms with Crippen molar-refractivity contribution in [2.75, 3.05) is 13.2 Å². The summed E-state index contributed by atoms with van der Waals surface area (Å²) in [5.74, 6) is 1.25. The van der Waals surface area contributed by atoms with Crippen LogP contribution in [-0.2, 0) is 13.2 Å². The number of benzene rings is 2. The number of nitrogens with one attached hydrogen (secondary N) is 1. The molecule has 4 nitrogen and oxygen atoms in total. The molecule has 1 atom stereocenters. The Morgan fingerprint density at radius 3 is 2.35 bits per heavy atom. The molecule has 0 fully saturated rings. The second kappa shape index (κ2) is 10.6. The van der Waals surface area contributed by atoms with Crippen LogP contribution in [0.2, 0.25) is 10.0 Å². The summed E-state index contributed by atoms with van der Waals surface area (Å²) in [5.41, 5.74) is 1.91. The van der Waals surface area contributed by atoms with Gasteiger partial charge in [0.25, 0.3) is 0 Å². The van der Waals surface area contributed by atoms with E-state index >= 15 is 0 Å². The average molecular weight is 398 g/mol. The van der Waals surface area contributed by atoms with Gasteiger partial charge in [-0.2, -0.15) is 0 Å². The lowest BCUT2D eigenvalue weighted by Gasteiger charge is -2.17. The van der Waals surface area contributed by atoms with Crippen LogP contribution in [0.3, 0.4) is 0 Å². The second-order valence-corrected chi connectivity index (χ2v) is 6.75. The molecule has 142 valence electrons. The monoisotopic (exact) mass is 397 g/mol. The van der Waals surface area contributed by atoms with Crippen LogP contribution in [0.5, 0.6) is 11.5 Å². The van der Waals surface area contributed by atoms with Gasteiger partial charge >= 0.3 is 0 Å². The van der Waals surface area contributed by atoms with Crippen molar-refractivity contribution in [3.05, 3.63) is 57.6 Å². The Morgan fingerprint density at radius 2 is 1.73 bits per heavy atom. The Morgan fingerprint density at radius 1 is 1.04 bits per heavy atom. The van der Waals surface area contributed by atoms with Crippen molar-refractivity contribution < 1.29 is 14.6 Å². The fourth-order valence-corrected chi connectivity index (χ4v) is 2.77. The second-order valence-electron chi connectivity index (χ2n) is 5.91. The molecule has 0 aromatic heterocycles. The predicted molar refractivity (Wildman–Crippen MR) is 106 cm³/mol. The standard InChI is InChI=1S/C20H25Cl2NO3/c1-3-17(12-24)23-11-15-9-19(25-4-2)20(10-18(15)22)26-13-14-5-7-16(21)8-6-14/h5-10,17,23-24H,3-4,11-13H2,1-2H3. The Hall–Kier alpha value is -1.46. The van der Waals surface area contributed by atoms with Gasteiger partial charge in [0, 0.05) is 28.7 Å². The van der Waals surface area contributed by atoms with E-state index in [1.54, 1.807) is 6.07 Å². The first kappa shape index (κ1) is 20.8. The summed E-state index contributed by atoms with van der Waals surface area (Å²) in [4.78, 5) is 0. The Kier molecular flexibility index (Phi) is 8.52. The van der Waals surface area contributed by atoms with E-state index in [4.69, 9.17) is 32.7 Å². The fraction of sp³-hybridized carbons (Fsp3) is 0.400.